The summed E-state index contributed by atoms with van der Waals surface area (Å²) < 4.78 is 48.3. The number of rotatable bonds is 8. The number of carbonyl (C=O) groups excluding carboxylic acids is 4. The van der Waals surface area contributed by atoms with E-state index in [9.17, 15) is 24.3 Å². The number of hydrogen-bond acceptors (Lipinski definition) is 13. The number of halogens is 1. The van der Waals surface area contributed by atoms with E-state index in [1.807, 2.05) is 38.1 Å². The van der Waals surface area contributed by atoms with Crippen molar-refractivity contribution in [3.8, 4) is 0 Å². The summed E-state index contributed by atoms with van der Waals surface area (Å²) in [6, 6.07) is 4.00. The number of cyclic esters (lactones) is 1. The molecule has 2 N–H and O–H groups in total. The first-order valence-electron chi connectivity index (χ1n) is 19.4. The molecule has 3 aliphatic heterocycles. The average Bonchev–Trinajstić information content (AvgIpc) is 3.47. The smallest absolute Gasteiger partial charge is 0.408 e. The van der Waals surface area contributed by atoms with Gasteiger partial charge in [0.2, 0.25) is 0 Å². The van der Waals surface area contributed by atoms with E-state index in [1.165, 1.54) is 27.7 Å². The number of aliphatic hydroxyl groups is 1. The van der Waals surface area contributed by atoms with Gasteiger partial charge in [-0.05, 0) is 85.3 Å². The van der Waals surface area contributed by atoms with Crippen LogP contribution in [0.5, 0.6) is 0 Å². The number of carbonyl (C=O) groups is 4. The molecule has 13 atom stereocenters. The summed E-state index contributed by atoms with van der Waals surface area (Å²) in [5.41, 5.74) is -3.86. The summed E-state index contributed by atoms with van der Waals surface area (Å²) in [5, 5.41) is 14.2. The minimum Gasteiger partial charge on any atom is -0.458 e. The van der Waals surface area contributed by atoms with Crippen LogP contribution >= 0.6 is 0 Å². The van der Waals surface area contributed by atoms with Gasteiger partial charge >= 0.3 is 12.1 Å². The number of alkyl carbamates (subject to hydrolysis) is 1. The van der Waals surface area contributed by atoms with Crippen LogP contribution in [0.4, 0.5) is 9.18 Å². The number of likely N-dealkylation sites (N-methyl/N-ethyl adjacent to an activating group) is 1. The van der Waals surface area contributed by atoms with E-state index < -0.39 is 95.3 Å². The predicted molar refractivity (Wildman–Crippen MR) is 204 cm³/mol. The van der Waals surface area contributed by atoms with Gasteiger partial charge in [-0.3, -0.25) is 24.4 Å². The zero-order valence-electron chi connectivity index (χ0n) is 34.0. The lowest BCUT2D eigenvalue weighted by Gasteiger charge is -2.48. The van der Waals surface area contributed by atoms with E-state index in [-0.39, 0.29) is 25.2 Å². The van der Waals surface area contributed by atoms with E-state index in [4.69, 9.17) is 23.7 Å². The van der Waals surface area contributed by atoms with Crippen molar-refractivity contribution in [1.29, 1.82) is 0 Å². The van der Waals surface area contributed by atoms with Crippen LogP contribution in [0.15, 0.2) is 36.7 Å². The van der Waals surface area contributed by atoms with Crippen molar-refractivity contribution in [3.05, 3.63) is 42.2 Å². The number of ketones is 2. The highest BCUT2D eigenvalue weighted by molar-refractivity contribution is 6.00. The molecule has 308 valence electrons. The lowest BCUT2D eigenvalue weighted by Crippen LogP contribution is -2.62. The van der Waals surface area contributed by atoms with Crippen molar-refractivity contribution in [1.82, 2.24) is 20.2 Å². The molecule has 2 aromatic rings. The zero-order valence-corrected chi connectivity index (χ0v) is 34.0. The summed E-state index contributed by atoms with van der Waals surface area (Å²) >= 11 is 0. The molecule has 0 unspecified atom stereocenters. The third-order valence-corrected chi connectivity index (χ3v) is 11.7. The van der Waals surface area contributed by atoms with Crippen molar-refractivity contribution < 1.29 is 52.4 Å². The van der Waals surface area contributed by atoms with Crippen molar-refractivity contribution in [2.45, 2.75) is 134 Å². The maximum absolute atomic E-state index is 17.5. The van der Waals surface area contributed by atoms with Crippen molar-refractivity contribution >= 4 is 40.7 Å². The minimum atomic E-state index is -2.63. The fourth-order valence-electron chi connectivity index (χ4n) is 8.64. The van der Waals surface area contributed by atoms with Crippen LogP contribution in [0.1, 0.15) is 80.2 Å². The maximum Gasteiger partial charge on any atom is 0.408 e. The molecule has 3 saturated heterocycles. The van der Waals surface area contributed by atoms with E-state index in [0.717, 1.165) is 18.0 Å². The Morgan fingerprint density at radius 3 is 2.46 bits per heavy atom. The maximum atomic E-state index is 17.5. The summed E-state index contributed by atoms with van der Waals surface area (Å²) in [6.07, 6.45) is 0.647. The zero-order chi connectivity index (χ0) is 41.3. The highest BCUT2D eigenvalue weighted by Gasteiger charge is 2.59. The number of Topliss-reactive ketones (excluding diaryl/α,β-unsaturated/α-hetero) is 2. The number of aromatic nitrogens is 2. The molecule has 3 aliphatic rings. The molecule has 0 aromatic carbocycles. The summed E-state index contributed by atoms with van der Waals surface area (Å²) in [6.45, 7) is 12.0. The van der Waals surface area contributed by atoms with Gasteiger partial charge in [0.05, 0.1) is 41.5 Å². The minimum absolute atomic E-state index is 0.136. The van der Waals surface area contributed by atoms with Crippen LogP contribution in [0.3, 0.4) is 0 Å². The first-order chi connectivity index (χ1) is 26.2. The van der Waals surface area contributed by atoms with Gasteiger partial charge in [-0.25, -0.2) is 9.18 Å². The van der Waals surface area contributed by atoms with Crippen LogP contribution in [-0.4, -0.2) is 124 Å². The second-order valence-electron chi connectivity index (χ2n) is 16.4. The Bertz CT molecular complexity index is 1810. The highest BCUT2D eigenvalue weighted by atomic mass is 19.1. The third-order valence-electron chi connectivity index (χ3n) is 11.7. The van der Waals surface area contributed by atoms with Crippen LogP contribution in [-0.2, 0) is 38.1 Å². The Morgan fingerprint density at radius 1 is 1.07 bits per heavy atom. The van der Waals surface area contributed by atoms with Gasteiger partial charge in [0, 0.05) is 36.7 Å². The molecular formula is C41H57FN4O10. The summed E-state index contributed by atoms with van der Waals surface area (Å²) in [4.78, 5) is 65.9. The van der Waals surface area contributed by atoms with Gasteiger partial charge in [0.1, 0.15) is 18.1 Å². The van der Waals surface area contributed by atoms with Gasteiger partial charge in [-0.1, -0.05) is 32.9 Å². The molecule has 2 aromatic heterocycles. The molecule has 0 radical (unpaired) electrons. The second-order valence-corrected chi connectivity index (χ2v) is 16.4. The molecule has 0 saturated carbocycles. The van der Waals surface area contributed by atoms with Gasteiger partial charge < -0.3 is 39.0 Å². The van der Waals surface area contributed by atoms with E-state index in [2.05, 4.69) is 15.3 Å². The SMILES string of the molecule is CC[C@H]1OC(=O)[C@H](C)C(=O)[C@H](C)[C@@H](O[C@@H]2O[C@H](C)C[C@H](N(C)C)[C@H]2O)[C@](C)(OC/C=C/c2cnc3cccnc3c2)C[C@](C)(F)C(=O)[C@H](C)[C@@H]2NC(=O)O[C@]12C. The quantitative estimate of drug-likeness (QED) is 0.281. The standard InChI is InChI=1S/C41H57FN4O10/c1-11-30-41(8)33(45-38(51)56-41)25(5)34(49)39(6,42)21-40(7,52-17-13-14-26-19-28-27(44-20-26)15-12-16-43-28)35(23(3)31(47)24(4)36(50)54-30)55-37-32(48)29(46(9)10)18-22(2)53-37/h12-16,19-20,22-25,29-30,32-33,35,37,48H,11,17-18,21H2,1-10H3,(H,45,51)/b14-13+/t22-,23+,24-,25-,29+,30-,32-,33+,35-,37+,39+,40-,41-/m1/s1. The van der Waals surface area contributed by atoms with Crippen molar-refractivity contribution in [2.75, 3.05) is 20.7 Å². The Kier molecular flexibility index (Phi) is 13.1. The topological polar surface area (TPSA) is 176 Å². The molecule has 0 aliphatic carbocycles. The summed E-state index contributed by atoms with van der Waals surface area (Å²) in [7, 11) is 3.64. The molecule has 14 nitrogen and oxygen atoms in total. The fourth-order valence-corrected chi connectivity index (χ4v) is 8.64. The second kappa shape index (κ2) is 16.9. The number of esters is 1. The molecule has 0 bridgehead atoms. The molecule has 15 heteroatoms. The van der Waals surface area contributed by atoms with E-state index in [0.29, 0.717) is 11.9 Å². The van der Waals surface area contributed by atoms with Crippen molar-refractivity contribution in [2.24, 2.45) is 17.8 Å². The number of aliphatic hydroxyl groups excluding tert-OH is 1. The fraction of sp³-hybridized carbons (Fsp3) is 0.659. The van der Waals surface area contributed by atoms with E-state index in [1.54, 1.807) is 44.5 Å². The van der Waals surface area contributed by atoms with E-state index >= 15 is 4.39 Å². The van der Waals surface area contributed by atoms with Crippen molar-refractivity contribution in [3.63, 3.8) is 0 Å². The molecular weight excluding hydrogens is 727 g/mol. The first kappa shape index (κ1) is 43.2. The lowest BCUT2D eigenvalue weighted by molar-refractivity contribution is -0.297. The van der Waals surface area contributed by atoms with Gasteiger partial charge in [0.25, 0.3) is 0 Å². The molecule has 5 rings (SSSR count). The highest BCUT2D eigenvalue weighted by Crippen LogP contribution is 2.42. The normalized spacial score (nSPS) is 38.9. The molecule has 5 heterocycles. The van der Waals surface area contributed by atoms with Gasteiger partial charge in [-0.15, -0.1) is 0 Å². The number of fused-ring (bicyclic) bond motifs is 2. The molecule has 3 fully saturated rings. The number of alkyl halides is 1. The van der Waals surface area contributed by atoms with Gasteiger partial charge in [0.15, 0.2) is 29.1 Å². The van der Waals surface area contributed by atoms with Crippen LogP contribution in [0.2, 0.25) is 0 Å². The largest absolute Gasteiger partial charge is 0.458 e. The number of pyridine rings is 2. The Balaban J connectivity index is 1.59. The lowest BCUT2D eigenvalue weighted by atomic mass is 9.72. The first-order valence-corrected chi connectivity index (χ1v) is 19.4. The Morgan fingerprint density at radius 2 is 1.79 bits per heavy atom. The van der Waals surface area contributed by atoms with Crippen LogP contribution in [0, 0.1) is 17.8 Å². The van der Waals surface area contributed by atoms with Crippen LogP contribution in [0.25, 0.3) is 17.1 Å². The monoisotopic (exact) mass is 784 g/mol. The van der Waals surface area contributed by atoms with Crippen LogP contribution < -0.4 is 5.32 Å². The number of amides is 1. The number of nitrogens with zero attached hydrogens (tertiary/aromatic N) is 3. The number of hydrogen-bond donors (Lipinski definition) is 2. The number of ether oxygens (including phenoxy) is 5. The summed E-state index contributed by atoms with van der Waals surface area (Å²) in [5.74, 6) is -6.07. The molecule has 1 amide bonds. The average molecular weight is 785 g/mol. The number of nitrogens with one attached hydrogen (secondary N) is 1. The molecule has 56 heavy (non-hydrogen) atoms. The third kappa shape index (κ3) is 8.81. The molecule has 0 spiro atoms. The Labute approximate surface area is 327 Å². The predicted octanol–water partition coefficient (Wildman–Crippen LogP) is 4.60. The van der Waals surface area contributed by atoms with Gasteiger partial charge in [-0.2, -0.15) is 0 Å². The Hall–Kier alpha value is -3.89.